The SMILES string of the molecule is CC(c1cc2c(cc1Cl)OCCO2)C(C)C(CN)CN. The van der Waals surface area contributed by atoms with Crippen molar-refractivity contribution in [2.75, 3.05) is 26.3 Å². The van der Waals surface area contributed by atoms with Crippen LogP contribution < -0.4 is 20.9 Å². The molecule has 1 aliphatic heterocycles. The van der Waals surface area contributed by atoms with Crippen molar-refractivity contribution in [1.29, 1.82) is 0 Å². The van der Waals surface area contributed by atoms with Crippen LogP contribution in [0.4, 0.5) is 0 Å². The molecule has 1 heterocycles. The van der Waals surface area contributed by atoms with Gasteiger partial charge in [0.25, 0.3) is 0 Å². The van der Waals surface area contributed by atoms with E-state index in [9.17, 15) is 0 Å². The lowest BCUT2D eigenvalue weighted by Crippen LogP contribution is -2.31. The van der Waals surface area contributed by atoms with Gasteiger partial charge in [0.2, 0.25) is 0 Å². The third kappa shape index (κ3) is 3.03. The van der Waals surface area contributed by atoms with Crippen molar-refractivity contribution in [3.05, 3.63) is 22.7 Å². The van der Waals surface area contributed by atoms with Crippen LogP contribution in [0.25, 0.3) is 0 Å². The molecule has 0 amide bonds. The molecule has 0 radical (unpaired) electrons. The molecule has 4 N–H and O–H groups in total. The first-order chi connectivity index (χ1) is 9.58. The number of fused-ring (bicyclic) bond motifs is 1. The monoisotopic (exact) mass is 298 g/mol. The van der Waals surface area contributed by atoms with Crippen molar-refractivity contribution in [2.24, 2.45) is 23.3 Å². The van der Waals surface area contributed by atoms with E-state index >= 15 is 0 Å². The highest BCUT2D eigenvalue weighted by atomic mass is 35.5. The number of ether oxygens (including phenoxy) is 2. The van der Waals surface area contributed by atoms with Gasteiger partial charge in [0.15, 0.2) is 11.5 Å². The zero-order valence-electron chi connectivity index (χ0n) is 12.1. The van der Waals surface area contributed by atoms with E-state index in [0.717, 1.165) is 17.1 Å². The Bertz CT molecular complexity index is 463. The molecule has 4 nitrogen and oxygen atoms in total. The molecule has 0 fully saturated rings. The fourth-order valence-electron chi connectivity index (χ4n) is 2.65. The van der Waals surface area contributed by atoms with E-state index in [4.69, 9.17) is 32.5 Å². The second-order valence-corrected chi connectivity index (χ2v) is 5.80. The molecule has 1 aromatic carbocycles. The van der Waals surface area contributed by atoms with Crippen molar-refractivity contribution < 1.29 is 9.47 Å². The number of hydrogen-bond donors (Lipinski definition) is 2. The lowest BCUT2D eigenvalue weighted by Gasteiger charge is -2.29. The number of halogens is 1. The Hall–Kier alpha value is -0.970. The molecule has 112 valence electrons. The van der Waals surface area contributed by atoms with Gasteiger partial charge in [-0.15, -0.1) is 0 Å². The van der Waals surface area contributed by atoms with Crippen molar-refractivity contribution in [2.45, 2.75) is 19.8 Å². The first-order valence-corrected chi connectivity index (χ1v) is 7.45. The van der Waals surface area contributed by atoms with E-state index in [1.54, 1.807) is 0 Å². The molecule has 0 saturated carbocycles. The van der Waals surface area contributed by atoms with Crippen LogP contribution in [0.15, 0.2) is 12.1 Å². The normalized spacial score (nSPS) is 17.1. The lowest BCUT2D eigenvalue weighted by atomic mass is 9.80. The first-order valence-electron chi connectivity index (χ1n) is 7.07. The molecule has 2 rings (SSSR count). The summed E-state index contributed by atoms with van der Waals surface area (Å²) in [7, 11) is 0. The molecule has 0 aliphatic carbocycles. The predicted octanol–water partition coefficient (Wildman–Crippen LogP) is 2.38. The van der Waals surface area contributed by atoms with Crippen LogP contribution in [0.3, 0.4) is 0 Å². The van der Waals surface area contributed by atoms with Crippen LogP contribution >= 0.6 is 11.6 Å². The second kappa shape index (κ2) is 6.66. The highest BCUT2D eigenvalue weighted by Crippen LogP contribution is 2.41. The Morgan fingerprint density at radius 3 is 2.20 bits per heavy atom. The minimum Gasteiger partial charge on any atom is -0.486 e. The summed E-state index contributed by atoms with van der Waals surface area (Å²) in [5.41, 5.74) is 12.6. The summed E-state index contributed by atoms with van der Waals surface area (Å²) in [5.74, 6) is 2.39. The molecule has 0 aromatic heterocycles. The second-order valence-electron chi connectivity index (χ2n) is 5.40. The van der Waals surface area contributed by atoms with E-state index in [1.807, 2.05) is 12.1 Å². The van der Waals surface area contributed by atoms with Gasteiger partial charge in [-0.25, -0.2) is 0 Å². The molecule has 0 spiro atoms. The van der Waals surface area contributed by atoms with Crippen molar-refractivity contribution in [3.63, 3.8) is 0 Å². The van der Waals surface area contributed by atoms with Gasteiger partial charge in [0, 0.05) is 11.1 Å². The minimum absolute atomic E-state index is 0.260. The van der Waals surface area contributed by atoms with E-state index < -0.39 is 0 Å². The highest BCUT2D eigenvalue weighted by Gasteiger charge is 2.25. The maximum absolute atomic E-state index is 6.39. The standard InChI is InChI=1S/C15H23ClN2O2/c1-9(11(7-17)8-18)10(2)12-5-14-15(6-13(12)16)20-4-3-19-14/h5-6,9-11H,3-4,7-8,17-18H2,1-2H3. The number of hydrogen-bond acceptors (Lipinski definition) is 4. The molecule has 0 saturated heterocycles. The summed E-state index contributed by atoms with van der Waals surface area (Å²) >= 11 is 6.39. The Labute approximate surface area is 125 Å². The Morgan fingerprint density at radius 1 is 1.10 bits per heavy atom. The number of nitrogens with two attached hydrogens (primary N) is 2. The van der Waals surface area contributed by atoms with E-state index in [-0.39, 0.29) is 11.8 Å². The fourth-order valence-corrected chi connectivity index (χ4v) is 2.97. The molecule has 2 unspecified atom stereocenters. The zero-order chi connectivity index (χ0) is 14.7. The van der Waals surface area contributed by atoms with Crippen molar-refractivity contribution in [1.82, 2.24) is 0 Å². The quantitative estimate of drug-likeness (QED) is 0.875. The third-order valence-electron chi connectivity index (χ3n) is 4.29. The summed E-state index contributed by atoms with van der Waals surface area (Å²) in [5, 5.41) is 0.710. The average molecular weight is 299 g/mol. The smallest absolute Gasteiger partial charge is 0.162 e. The first kappa shape index (κ1) is 15.4. The third-order valence-corrected chi connectivity index (χ3v) is 4.62. The van der Waals surface area contributed by atoms with Crippen LogP contribution in [-0.2, 0) is 0 Å². The highest BCUT2D eigenvalue weighted by molar-refractivity contribution is 6.31. The summed E-state index contributed by atoms with van der Waals surface area (Å²) in [4.78, 5) is 0. The topological polar surface area (TPSA) is 70.5 Å². The van der Waals surface area contributed by atoms with Crippen LogP contribution in [0.1, 0.15) is 25.3 Å². The molecule has 5 heteroatoms. The molecule has 0 bridgehead atoms. The molecular formula is C15H23ClN2O2. The maximum Gasteiger partial charge on any atom is 0.162 e. The molecule has 1 aliphatic rings. The van der Waals surface area contributed by atoms with Gasteiger partial charge >= 0.3 is 0 Å². The Balaban J connectivity index is 2.27. The average Bonchev–Trinajstić information content (AvgIpc) is 2.47. The summed E-state index contributed by atoms with van der Waals surface area (Å²) in [6, 6.07) is 3.83. The van der Waals surface area contributed by atoms with Gasteiger partial charge < -0.3 is 20.9 Å². The summed E-state index contributed by atoms with van der Waals surface area (Å²) < 4.78 is 11.2. The summed E-state index contributed by atoms with van der Waals surface area (Å²) in [6.45, 7) is 6.64. The van der Waals surface area contributed by atoms with Gasteiger partial charge in [-0.05, 0) is 42.5 Å². The maximum atomic E-state index is 6.39. The van der Waals surface area contributed by atoms with Crippen LogP contribution in [-0.4, -0.2) is 26.3 Å². The number of rotatable bonds is 5. The zero-order valence-corrected chi connectivity index (χ0v) is 12.8. The summed E-state index contributed by atoms with van der Waals surface area (Å²) in [6.07, 6.45) is 0. The molecule has 2 atom stereocenters. The Kier molecular flexibility index (Phi) is 5.13. The molecule has 1 aromatic rings. The van der Waals surface area contributed by atoms with Crippen LogP contribution in [0.2, 0.25) is 5.02 Å². The fraction of sp³-hybridized carbons (Fsp3) is 0.600. The van der Waals surface area contributed by atoms with Gasteiger partial charge in [0.05, 0.1) is 0 Å². The van der Waals surface area contributed by atoms with Crippen molar-refractivity contribution in [3.8, 4) is 11.5 Å². The van der Waals surface area contributed by atoms with Crippen LogP contribution in [0.5, 0.6) is 11.5 Å². The molecular weight excluding hydrogens is 276 g/mol. The minimum atomic E-state index is 0.260. The van der Waals surface area contributed by atoms with Crippen LogP contribution in [0, 0.1) is 11.8 Å². The predicted molar refractivity (Wildman–Crippen MR) is 81.6 cm³/mol. The van der Waals surface area contributed by atoms with Gasteiger partial charge in [-0.2, -0.15) is 0 Å². The Morgan fingerprint density at radius 2 is 1.65 bits per heavy atom. The van der Waals surface area contributed by atoms with E-state index in [1.165, 1.54) is 0 Å². The van der Waals surface area contributed by atoms with E-state index in [2.05, 4.69) is 13.8 Å². The van der Waals surface area contributed by atoms with E-state index in [0.29, 0.717) is 37.2 Å². The largest absolute Gasteiger partial charge is 0.486 e. The van der Waals surface area contributed by atoms with Gasteiger partial charge in [-0.3, -0.25) is 0 Å². The van der Waals surface area contributed by atoms with Crippen molar-refractivity contribution >= 4 is 11.6 Å². The molecule has 20 heavy (non-hydrogen) atoms. The van der Waals surface area contributed by atoms with Gasteiger partial charge in [0.1, 0.15) is 13.2 Å². The number of benzene rings is 1. The van der Waals surface area contributed by atoms with Gasteiger partial charge in [-0.1, -0.05) is 25.4 Å². The lowest BCUT2D eigenvalue weighted by molar-refractivity contribution is 0.171.